The molecular formula is C16H30ClNO. The third-order valence-corrected chi connectivity index (χ3v) is 5.41. The minimum Gasteiger partial charge on any atom is -0.350 e. The largest absolute Gasteiger partial charge is 0.350 e. The van der Waals surface area contributed by atoms with Gasteiger partial charge >= 0.3 is 0 Å². The molecule has 19 heavy (non-hydrogen) atoms. The zero-order valence-electron chi connectivity index (χ0n) is 13.2. The van der Waals surface area contributed by atoms with E-state index in [4.69, 9.17) is 11.6 Å². The van der Waals surface area contributed by atoms with Crippen molar-refractivity contribution >= 4 is 17.5 Å². The Hall–Kier alpha value is -0.240. The summed E-state index contributed by atoms with van der Waals surface area (Å²) < 4.78 is 0. The monoisotopic (exact) mass is 287 g/mol. The lowest BCUT2D eigenvalue weighted by atomic mass is 9.69. The Morgan fingerprint density at radius 1 is 1.16 bits per heavy atom. The molecule has 0 aromatic carbocycles. The number of amides is 1. The molecule has 0 saturated heterocycles. The van der Waals surface area contributed by atoms with E-state index in [0.29, 0.717) is 11.3 Å². The SMILES string of the molecule is CCC(C)(CCl)NC(=O)C1CCC(C(C)(C)C)CC1. The Bertz CT molecular complexity index is 296. The van der Waals surface area contributed by atoms with E-state index in [9.17, 15) is 4.79 Å². The van der Waals surface area contributed by atoms with E-state index >= 15 is 0 Å². The minimum absolute atomic E-state index is 0.188. The van der Waals surface area contributed by atoms with Gasteiger partial charge in [0, 0.05) is 11.8 Å². The van der Waals surface area contributed by atoms with Gasteiger partial charge in [-0.15, -0.1) is 11.6 Å². The number of rotatable bonds is 4. The fraction of sp³-hybridized carbons (Fsp3) is 0.938. The molecule has 1 saturated carbocycles. The van der Waals surface area contributed by atoms with E-state index in [1.165, 1.54) is 12.8 Å². The van der Waals surface area contributed by atoms with Crippen molar-refractivity contribution in [3.8, 4) is 0 Å². The predicted molar refractivity (Wildman–Crippen MR) is 82.5 cm³/mol. The first kappa shape index (κ1) is 16.8. The van der Waals surface area contributed by atoms with Gasteiger partial charge in [-0.25, -0.2) is 0 Å². The Kier molecular flexibility index (Phi) is 5.73. The van der Waals surface area contributed by atoms with Gasteiger partial charge in [0.1, 0.15) is 0 Å². The van der Waals surface area contributed by atoms with Crippen molar-refractivity contribution in [2.75, 3.05) is 5.88 Å². The Morgan fingerprint density at radius 3 is 2.05 bits per heavy atom. The van der Waals surface area contributed by atoms with Crippen LogP contribution in [0.3, 0.4) is 0 Å². The molecular weight excluding hydrogens is 258 g/mol. The zero-order valence-corrected chi connectivity index (χ0v) is 13.9. The van der Waals surface area contributed by atoms with Crippen molar-refractivity contribution in [3.05, 3.63) is 0 Å². The first-order chi connectivity index (χ1) is 8.72. The highest BCUT2D eigenvalue weighted by molar-refractivity contribution is 6.18. The highest BCUT2D eigenvalue weighted by Gasteiger charge is 2.34. The lowest BCUT2D eigenvalue weighted by molar-refractivity contribution is -0.128. The fourth-order valence-electron chi connectivity index (χ4n) is 2.84. The van der Waals surface area contributed by atoms with Crippen LogP contribution in [-0.4, -0.2) is 17.3 Å². The van der Waals surface area contributed by atoms with Gasteiger partial charge in [0.2, 0.25) is 5.91 Å². The molecule has 2 nitrogen and oxygen atoms in total. The third kappa shape index (κ3) is 4.66. The van der Waals surface area contributed by atoms with Crippen LogP contribution in [-0.2, 0) is 4.79 Å². The molecule has 0 aromatic heterocycles. The van der Waals surface area contributed by atoms with Gasteiger partial charge in [0.15, 0.2) is 0 Å². The summed E-state index contributed by atoms with van der Waals surface area (Å²) in [6, 6.07) is 0. The second-order valence-electron chi connectivity index (χ2n) is 7.45. The van der Waals surface area contributed by atoms with E-state index in [1.807, 2.05) is 6.92 Å². The van der Waals surface area contributed by atoms with Crippen LogP contribution >= 0.6 is 11.6 Å². The van der Waals surface area contributed by atoms with Gasteiger partial charge < -0.3 is 5.32 Å². The van der Waals surface area contributed by atoms with Crippen molar-refractivity contribution < 1.29 is 4.79 Å². The lowest BCUT2D eigenvalue weighted by Crippen LogP contribution is -2.50. The molecule has 1 atom stereocenters. The molecule has 1 aliphatic carbocycles. The van der Waals surface area contributed by atoms with Crippen molar-refractivity contribution in [2.45, 2.75) is 72.3 Å². The maximum absolute atomic E-state index is 12.3. The number of alkyl halides is 1. The van der Waals surface area contributed by atoms with Crippen LogP contribution < -0.4 is 5.32 Å². The van der Waals surface area contributed by atoms with Crippen LogP contribution in [0.2, 0.25) is 0 Å². The maximum Gasteiger partial charge on any atom is 0.223 e. The van der Waals surface area contributed by atoms with E-state index in [1.54, 1.807) is 0 Å². The molecule has 1 fully saturated rings. The number of nitrogens with one attached hydrogen (secondary N) is 1. The van der Waals surface area contributed by atoms with Gasteiger partial charge in [0.25, 0.3) is 0 Å². The summed E-state index contributed by atoms with van der Waals surface area (Å²) in [6.45, 7) is 11.0. The summed E-state index contributed by atoms with van der Waals surface area (Å²) >= 11 is 5.96. The molecule has 1 rings (SSSR count). The summed E-state index contributed by atoms with van der Waals surface area (Å²) in [5, 5.41) is 3.15. The van der Waals surface area contributed by atoms with Crippen molar-refractivity contribution in [2.24, 2.45) is 17.3 Å². The van der Waals surface area contributed by atoms with Crippen LogP contribution in [0.25, 0.3) is 0 Å². The Morgan fingerprint density at radius 2 is 1.68 bits per heavy atom. The molecule has 1 unspecified atom stereocenters. The average Bonchev–Trinajstić information content (AvgIpc) is 2.37. The second-order valence-corrected chi connectivity index (χ2v) is 7.72. The highest BCUT2D eigenvalue weighted by atomic mass is 35.5. The van der Waals surface area contributed by atoms with Gasteiger partial charge in [-0.05, 0) is 50.4 Å². The first-order valence-electron chi connectivity index (χ1n) is 7.60. The van der Waals surface area contributed by atoms with Crippen molar-refractivity contribution in [3.63, 3.8) is 0 Å². The summed E-state index contributed by atoms with van der Waals surface area (Å²) in [5.41, 5.74) is 0.120. The zero-order chi connectivity index (χ0) is 14.7. The Balaban J connectivity index is 2.50. The van der Waals surface area contributed by atoms with Crippen LogP contribution in [0.1, 0.15) is 66.7 Å². The fourth-order valence-corrected chi connectivity index (χ4v) is 3.09. The average molecular weight is 288 g/mol. The first-order valence-corrected chi connectivity index (χ1v) is 8.13. The predicted octanol–water partition coefficient (Wildman–Crippen LogP) is 4.36. The molecule has 0 radical (unpaired) electrons. The number of carbonyl (C=O) groups excluding carboxylic acids is 1. The summed E-state index contributed by atoms with van der Waals surface area (Å²) in [6.07, 6.45) is 5.27. The normalized spacial score (nSPS) is 27.7. The summed E-state index contributed by atoms with van der Waals surface area (Å²) in [5.74, 6) is 1.62. The number of hydrogen-bond acceptors (Lipinski definition) is 1. The lowest BCUT2D eigenvalue weighted by Gasteiger charge is -2.37. The smallest absolute Gasteiger partial charge is 0.223 e. The van der Waals surface area contributed by atoms with Crippen LogP contribution in [0.15, 0.2) is 0 Å². The number of carbonyl (C=O) groups is 1. The van der Waals surface area contributed by atoms with Crippen molar-refractivity contribution in [1.29, 1.82) is 0 Å². The molecule has 0 heterocycles. The maximum atomic E-state index is 12.3. The molecule has 0 bridgehead atoms. The van der Waals surface area contributed by atoms with Crippen LogP contribution in [0.4, 0.5) is 0 Å². The highest BCUT2D eigenvalue weighted by Crippen LogP contribution is 2.39. The topological polar surface area (TPSA) is 29.1 Å². The van der Waals surface area contributed by atoms with E-state index in [0.717, 1.165) is 25.2 Å². The summed E-state index contributed by atoms with van der Waals surface area (Å²) in [7, 11) is 0. The number of halogens is 1. The molecule has 3 heteroatoms. The molecule has 0 spiro atoms. The van der Waals surface area contributed by atoms with Gasteiger partial charge in [-0.1, -0.05) is 27.7 Å². The van der Waals surface area contributed by atoms with E-state index < -0.39 is 0 Å². The molecule has 112 valence electrons. The third-order valence-electron chi connectivity index (χ3n) is 4.82. The van der Waals surface area contributed by atoms with E-state index in [2.05, 4.69) is 33.0 Å². The van der Waals surface area contributed by atoms with Gasteiger partial charge in [0.05, 0.1) is 5.54 Å². The molecule has 0 aliphatic heterocycles. The van der Waals surface area contributed by atoms with E-state index in [-0.39, 0.29) is 17.4 Å². The minimum atomic E-state index is -0.250. The molecule has 1 N–H and O–H groups in total. The second kappa shape index (κ2) is 6.47. The molecule has 1 amide bonds. The van der Waals surface area contributed by atoms with Gasteiger partial charge in [-0.3, -0.25) is 4.79 Å². The van der Waals surface area contributed by atoms with Crippen LogP contribution in [0, 0.1) is 17.3 Å². The number of hydrogen-bond donors (Lipinski definition) is 1. The standard InChI is InChI=1S/C16H30ClNO/c1-6-16(5,11-17)18-14(19)12-7-9-13(10-8-12)15(2,3)4/h12-13H,6-11H2,1-5H3,(H,18,19). The quantitative estimate of drug-likeness (QED) is 0.765. The van der Waals surface area contributed by atoms with Crippen LogP contribution in [0.5, 0.6) is 0 Å². The van der Waals surface area contributed by atoms with Gasteiger partial charge in [-0.2, -0.15) is 0 Å². The van der Waals surface area contributed by atoms with Crippen molar-refractivity contribution in [1.82, 2.24) is 5.32 Å². The summed E-state index contributed by atoms with van der Waals surface area (Å²) in [4.78, 5) is 12.3. The Labute approximate surface area is 123 Å². The molecule has 0 aromatic rings. The molecule has 1 aliphatic rings.